The first-order chi connectivity index (χ1) is 15.2. The zero-order valence-electron chi connectivity index (χ0n) is 16.3. The molecule has 0 aliphatic carbocycles. The Morgan fingerprint density at radius 2 is 1.38 bits per heavy atom. The van der Waals surface area contributed by atoms with Crippen LogP contribution in [0.5, 0.6) is 0 Å². The summed E-state index contributed by atoms with van der Waals surface area (Å²) in [5.74, 6) is -0.325. The predicted octanol–water partition coefficient (Wildman–Crippen LogP) is 4.69. The molecule has 0 radical (unpaired) electrons. The number of rotatable bonds is 5. The van der Waals surface area contributed by atoms with Crippen LogP contribution >= 0.6 is 23.2 Å². The Morgan fingerprint density at radius 3 is 1.75 bits per heavy atom. The summed E-state index contributed by atoms with van der Waals surface area (Å²) in [5, 5.41) is 31.3. The van der Waals surface area contributed by atoms with E-state index in [9.17, 15) is 25.0 Å². The maximum Gasteiger partial charge on any atom is 0.288 e. The highest BCUT2D eigenvalue weighted by Crippen LogP contribution is 2.29. The lowest BCUT2D eigenvalue weighted by Gasteiger charge is -2.27. The number of nitriles is 1. The molecule has 0 spiro atoms. The zero-order chi connectivity index (χ0) is 23.4. The van der Waals surface area contributed by atoms with E-state index in [-0.39, 0.29) is 46.8 Å². The second-order valence-corrected chi connectivity index (χ2v) is 7.72. The van der Waals surface area contributed by atoms with Crippen LogP contribution in [0.3, 0.4) is 0 Å². The van der Waals surface area contributed by atoms with Crippen LogP contribution in [0.1, 0.15) is 11.1 Å². The Balaban J connectivity index is 2.03. The number of ketones is 1. The number of Topliss-reactive ketones (excluding diaryl/α,β-unsaturated/α-hetero) is 1. The van der Waals surface area contributed by atoms with Gasteiger partial charge < -0.3 is 0 Å². The van der Waals surface area contributed by atoms with E-state index in [1.54, 1.807) is 17.0 Å². The van der Waals surface area contributed by atoms with Gasteiger partial charge in [-0.3, -0.25) is 29.9 Å². The molecule has 162 valence electrons. The van der Waals surface area contributed by atoms with E-state index in [0.29, 0.717) is 22.3 Å². The molecule has 2 aromatic carbocycles. The number of nitrogens with zero attached hydrogens (tertiary/aromatic N) is 4. The topological polar surface area (TPSA) is 130 Å². The van der Waals surface area contributed by atoms with Crippen molar-refractivity contribution in [3.63, 3.8) is 0 Å². The Labute approximate surface area is 192 Å². The molecule has 0 atom stereocenters. The van der Waals surface area contributed by atoms with Crippen molar-refractivity contribution < 1.29 is 14.6 Å². The van der Waals surface area contributed by atoms with Crippen molar-refractivity contribution in [1.82, 2.24) is 4.90 Å². The van der Waals surface area contributed by atoms with E-state index in [2.05, 4.69) is 0 Å². The molecule has 1 saturated heterocycles. The van der Waals surface area contributed by atoms with Crippen LogP contribution < -0.4 is 0 Å². The molecule has 1 aliphatic heterocycles. The van der Waals surface area contributed by atoms with Gasteiger partial charge >= 0.3 is 0 Å². The molecule has 2 aromatic rings. The molecule has 3 rings (SSSR count). The van der Waals surface area contributed by atoms with Gasteiger partial charge in [0, 0.05) is 36.4 Å². The zero-order valence-corrected chi connectivity index (χ0v) is 17.8. The summed E-state index contributed by atoms with van der Waals surface area (Å²) in [6.45, 7) is 0.380. The Bertz CT molecular complexity index is 1150. The van der Waals surface area contributed by atoms with Gasteiger partial charge in [0.15, 0.2) is 5.78 Å². The van der Waals surface area contributed by atoms with Crippen LogP contribution in [-0.2, 0) is 4.79 Å². The van der Waals surface area contributed by atoms with Crippen molar-refractivity contribution in [2.24, 2.45) is 0 Å². The minimum absolute atomic E-state index is 0.0249. The smallest absolute Gasteiger partial charge is 0.288 e. The van der Waals surface area contributed by atoms with Gasteiger partial charge in [-0.05, 0) is 35.4 Å². The molecule has 0 bridgehead atoms. The summed E-state index contributed by atoms with van der Waals surface area (Å²) in [4.78, 5) is 35.9. The summed E-state index contributed by atoms with van der Waals surface area (Å²) >= 11 is 11.7. The molecule has 0 N–H and O–H groups in total. The third-order valence-corrected chi connectivity index (χ3v) is 5.32. The lowest BCUT2D eigenvalue weighted by molar-refractivity contribution is -0.384. The largest absolute Gasteiger partial charge is 0.289 e. The van der Waals surface area contributed by atoms with E-state index in [1.165, 1.54) is 36.4 Å². The number of carbonyl (C=O) groups is 1. The number of nitro benzene ring substituents is 2. The van der Waals surface area contributed by atoms with Crippen molar-refractivity contribution in [3.05, 3.63) is 88.9 Å². The van der Waals surface area contributed by atoms with E-state index >= 15 is 0 Å². The van der Waals surface area contributed by atoms with Crippen molar-refractivity contribution in [1.29, 1.82) is 5.26 Å². The van der Waals surface area contributed by atoms with Crippen molar-refractivity contribution in [3.8, 4) is 6.07 Å². The van der Waals surface area contributed by atoms with Crippen molar-refractivity contribution in [2.75, 3.05) is 19.6 Å². The maximum absolute atomic E-state index is 13.1. The van der Waals surface area contributed by atoms with Crippen LogP contribution in [0, 0.1) is 31.6 Å². The Hall–Kier alpha value is -3.58. The van der Waals surface area contributed by atoms with Crippen LogP contribution in [0.4, 0.5) is 11.4 Å². The fourth-order valence-corrected chi connectivity index (χ4v) is 3.62. The van der Waals surface area contributed by atoms with Crippen LogP contribution in [-0.4, -0.2) is 40.2 Å². The average Bonchev–Trinajstić information content (AvgIpc) is 2.73. The average molecular weight is 473 g/mol. The van der Waals surface area contributed by atoms with Gasteiger partial charge in [0.25, 0.3) is 11.4 Å². The number of nitro groups is 2. The first-order valence-corrected chi connectivity index (χ1v) is 9.88. The molecular formula is C21H14Cl2N4O5. The lowest BCUT2D eigenvalue weighted by atomic mass is 9.94. The van der Waals surface area contributed by atoms with E-state index in [4.69, 9.17) is 28.5 Å². The molecule has 9 nitrogen and oxygen atoms in total. The minimum Gasteiger partial charge on any atom is -0.289 e. The number of benzene rings is 2. The summed E-state index contributed by atoms with van der Waals surface area (Å²) < 4.78 is 0. The number of likely N-dealkylation sites (tertiary alicyclic amines) is 1. The number of halogens is 2. The molecule has 0 saturated carbocycles. The molecule has 0 unspecified atom stereocenters. The van der Waals surface area contributed by atoms with E-state index in [1.807, 2.05) is 6.07 Å². The molecule has 32 heavy (non-hydrogen) atoms. The molecule has 0 aromatic heterocycles. The van der Waals surface area contributed by atoms with Gasteiger partial charge in [-0.2, -0.15) is 5.26 Å². The monoisotopic (exact) mass is 472 g/mol. The van der Waals surface area contributed by atoms with Crippen LogP contribution in [0.2, 0.25) is 10.0 Å². The molecule has 1 aliphatic rings. The molecule has 11 heteroatoms. The number of hydrogen-bond acceptors (Lipinski definition) is 7. The third-order valence-electron chi connectivity index (χ3n) is 4.68. The number of piperidine rings is 1. The second-order valence-electron chi connectivity index (χ2n) is 6.91. The predicted molar refractivity (Wildman–Crippen MR) is 119 cm³/mol. The number of hydrogen-bond donors (Lipinski definition) is 0. The fraction of sp³-hybridized carbons (Fsp3) is 0.143. The van der Waals surface area contributed by atoms with Crippen molar-refractivity contribution in [2.45, 2.75) is 0 Å². The lowest BCUT2D eigenvalue weighted by Crippen LogP contribution is -2.37. The van der Waals surface area contributed by atoms with Gasteiger partial charge in [-0.25, -0.2) is 0 Å². The van der Waals surface area contributed by atoms with Gasteiger partial charge in [0.2, 0.25) is 0 Å². The standard InChI is InChI=1S/C21H14Cl2N4O5/c22-17-3-1-13(9-19(17)26(29)30)7-15-11-25(6-5-24)12-16(21(15)28)8-14-2-4-18(23)20(10-14)27(31)32/h1-4,7-10H,6,11-12H2/b15-7-,16-8+. The number of carbonyl (C=O) groups excluding carboxylic acids is 1. The van der Waals surface area contributed by atoms with Crippen LogP contribution in [0.15, 0.2) is 47.5 Å². The molecule has 1 heterocycles. The van der Waals surface area contributed by atoms with E-state index < -0.39 is 9.85 Å². The van der Waals surface area contributed by atoms with Gasteiger partial charge in [0.05, 0.1) is 22.5 Å². The quantitative estimate of drug-likeness (QED) is 0.267. The maximum atomic E-state index is 13.1. The fourth-order valence-electron chi connectivity index (χ4n) is 3.24. The third kappa shape index (κ3) is 5.18. The first-order valence-electron chi connectivity index (χ1n) is 9.12. The summed E-state index contributed by atoms with van der Waals surface area (Å²) in [7, 11) is 0. The highest BCUT2D eigenvalue weighted by molar-refractivity contribution is 6.33. The Kier molecular flexibility index (Phi) is 7.00. The van der Waals surface area contributed by atoms with E-state index in [0.717, 1.165) is 0 Å². The SMILES string of the molecule is N#CCN1C/C(=C/c2ccc(Cl)c([N+](=O)[O-])c2)C(=O)/C(=C/c2ccc(Cl)c([N+](=O)[O-])c2)C1. The van der Waals surface area contributed by atoms with Gasteiger partial charge in [-0.1, -0.05) is 35.3 Å². The van der Waals surface area contributed by atoms with Crippen LogP contribution in [0.25, 0.3) is 12.2 Å². The summed E-state index contributed by atoms with van der Waals surface area (Å²) in [5.41, 5.74) is 0.870. The molecule has 0 amide bonds. The van der Waals surface area contributed by atoms with Gasteiger partial charge in [0.1, 0.15) is 10.0 Å². The minimum atomic E-state index is -0.617. The summed E-state index contributed by atoms with van der Waals surface area (Å²) in [6.07, 6.45) is 3.01. The van der Waals surface area contributed by atoms with Gasteiger partial charge in [-0.15, -0.1) is 0 Å². The second kappa shape index (κ2) is 9.70. The summed E-state index contributed by atoms with van der Waals surface area (Å²) in [6, 6.07) is 10.4. The Morgan fingerprint density at radius 1 is 0.938 bits per heavy atom. The van der Waals surface area contributed by atoms with Crippen molar-refractivity contribution >= 4 is 52.5 Å². The normalized spacial score (nSPS) is 16.8. The highest BCUT2D eigenvalue weighted by atomic mass is 35.5. The molecular weight excluding hydrogens is 459 g/mol. The molecule has 1 fully saturated rings. The first kappa shape index (κ1) is 23.1. The highest BCUT2D eigenvalue weighted by Gasteiger charge is 2.26.